The average molecular weight is 688 g/mol. The van der Waals surface area contributed by atoms with E-state index in [4.69, 9.17) is 42.1 Å². The molecule has 1 heterocycles. The van der Waals surface area contributed by atoms with Gasteiger partial charge in [0.2, 0.25) is 11.8 Å². The number of ether oxygens (including phenoxy) is 4. The summed E-state index contributed by atoms with van der Waals surface area (Å²) in [6, 6.07) is 5.28. The monoisotopic (exact) mass is 687 g/mol. The minimum absolute atomic E-state index is 0.117. The number of hydrogen-bond donors (Lipinski definition) is 3. The van der Waals surface area contributed by atoms with Crippen LogP contribution in [0.5, 0.6) is 0 Å². The highest BCUT2D eigenvalue weighted by Gasteiger charge is 2.18. The quantitative estimate of drug-likeness (QED) is 0.109. The van der Waals surface area contributed by atoms with Gasteiger partial charge in [0.15, 0.2) is 0 Å². The van der Waals surface area contributed by atoms with Gasteiger partial charge in [-0.3, -0.25) is 18.1 Å². The molecule has 0 spiro atoms. The number of halogens is 3. The molecule has 0 radical (unpaired) electrons. The molecule has 0 unspecified atom stereocenters. The Kier molecular flexibility index (Phi) is 17.9. The highest BCUT2D eigenvalue weighted by molar-refractivity contribution is 14.1. The van der Waals surface area contributed by atoms with Crippen molar-refractivity contribution in [2.45, 2.75) is 25.7 Å². The molecule has 0 fully saturated rings. The molecule has 3 N–H and O–H groups in total. The Morgan fingerprint density at radius 2 is 1.53 bits per heavy atom. The van der Waals surface area contributed by atoms with Crippen LogP contribution in [0.1, 0.15) is 25.7 Å². The third-order valence-corrected chi connectivity index (χ3v) is 6.40. The minimum Gasteiger partial charge on any atom is -0.379 e. The van der Waals surface area contributed by atoms with Crippen LogP contribution in [0.25, 0.3) is 0 Å². The van der Waals surface area contributed by atoms with E-state index in [9.17, 15) is 9.59 Å². The molecule has 2 rings (SSSR count). The number of carbonyl (C=O) groups excluding carboxylic acids is 2. The zero-order chi connectivity index (χ0) is 27.4. The van der Waals surface area contributed by atoms with Crippen LogP contribution in [-0.4, -0.2) is 90.1 Å². The van der Waals surface area contributed by atoms with E-state index in [1.807, 2.05) is 6.07 Å². The first-order valence-electron chi connectivity index (χ1n) is 12.5. The van der Waals surface area contributed by atoms with Crippen molar-refractivity contribution in [3.63, 3.8) is 0 Å². The summed E-state index contributed by atoms with van der Waals surface area (Å²) in [6.45, 7) is 5.76. The molecular weight excluding hydrogens is 652 g/mol. The first-order valence-corrected chi connectivity index (χ1v) is 14.3. The lowest BCUT2D eigenvalue weighted by Crippen LogP contribution is -2.31. The standard InChI is InChI=1S/C24H36Cl2IN5O6/c25-20-4-3-19(18-21(20)26)32-9-5-22(31-32)30-24(34)2-1-7-28-23(33)6-10-35-12-14-37-16-17-38-15-13-36-11-8-29-27/h3-4,18,29H,1-2,5-17H2,(H,28,33)(H,30,31,34). The number of hydrazone groups is 1. The number of rotatable bonds is 20. The first-order chi connectivity index (χ1) is 18.5. The molecule has 0 aliphatic carbocycles. The van der Waals surface area contributed by atoms with Gasteiger partial charge in [-0.05, 0) is 24.6 Å². The van der Waals surface area contributed by atoms with E-state index in [-0.39, 0.29) is 24.7 Å². The number of carbonyl (C=O) groups is 2. The fraction of sp³-hybridized carbons (Fsp3) is 0.625. The van der Waals surface area contributed by atoms with Crippen LogP contribution in [0.4, 0.5) is 5.69 Å². The normalized spacial score (nSPS) is 13.0. The van der Waals surface area contributed by atoms with Crippen LogP contribution in [-0.2, 0) is 28.5 Å². The van der Waals surface area contributed by atoms with Crippen molar-refractivity contribution in [1.29, 1.82) is 0 Å². The van der Waals surface area contributed by atoms with Gasteiger partial charge in [-0.15, -0.1) is 0 Å². The molecule has 11 nitrogen and oxygen atoms in total. The second-order valence-corrected chi connectivity index (χ2v) is 9.68. The highest BCUT2D eigenvalue weighted by atomic mass is 127. The van der Waals surface area contributed by atoms with Gasteiger partial charge in [-0.2, -0.15) is 5.10 Å². The fourth-order valence-corrected chi connectivity index (χ4v) is 3.72. The van der Waals surface area contributed by atoms with Crippen molar-refractivity contribution in [3.8, 4) is 0 Å². The number of nitrogens with zero attached hydrogens (tertiary/aromatic N) is 2. The molecule has 1 aliphatic rings. The van der Waals surface area contributed by atoms with Gasteiger partial charge in [-0.1, -0.05) is 23.2 Å². The predicted octanol–water partition coefficient (Wildman–Crippen LogP) is 2.93. The Hall–Kier alpha value is -1.26. The predicted molar refractivity (Wildman–Crippen MR) is 156 cm³/mol. The summed E-state index contributed by atoms with van der Waals surface area (Å²) in [4.78, 5) is 24.1. The molecule has 1 aliphatic heterocycles. The maximum absolute atomic E-state index is 12.2. The Morgan fingerprint density at radius 1 is 0.868 bits per heavy atom. The van der Waals surface area contributed by atoms with Crippen molar-refractivity contribution in [2.75, 3.05) is 77.5 Å². The number of benzene rings is 1. The van der Waals surface area contributed by atoms with E-state index in [2.05, 4.69) is 42.1 Å². The Labute approximate surface area is 247 Å². The van der Waals surface area contributed by atoms with E-state index < -0.39 is 0 Å². The van der Waals surface area contributed by atoms with Gasteiger partial charge in [0.05, 0.1) is 68.6 Å². The molecule has 214 valence electrons. The third-order valence-electron chi connectivity index (χ3n) is 5.12. The van der Waals surface area contributed by atoms with Gasteiger partial charge < -0.3 is 29.6 Å². The van der Waals surface area contributed by atoms with Crippen molar-refractivity contribution in [3.05, 3.63) is 28.2 Å². The largest absolute Gasteiger partial charge is 0.379 e. The molecule has 1 aromatic carbocycles. The lowest BCUT2D eigenvalue weighted by molar-refractivity contribution is -0.123. The maximum atomic E-state index is 12.2. The first kappa shape index (κ1) is 32.9. The third kappa shape index (κ3) is 14.8. The van der Waals surface area contributed by atoms with Gasteiger partial charge in [-0.25, -0.2) is 0 Å². The summed E-state index contributed by atoms with van der Waals surface area (Å²) in [6.07, 6.45) is 1.69. The second-order valence-electron chi connectivity index (χ2n) is 8.10. The molecular formula is C24H36Cl2IN5O6. The number of amidine groups is 1. The minimum atomic E-state index is -0.139. The topological polar surface area (TPSA) is 123 Å². The lowest BCUT2D eigenvalue weighted by atomic mass is 10.2. The summed E-state index contributed by atoms with van der Waals surface area (Å²) in [5, 5.41) is 12.7. The van der Waals surface area contributed by atoms with E-state index >= 15 is 0 Å². The van der Waals surface area contributed by atoms with Crippen LogP contribution in [0.2, 0.25) is 10.0 Å². The summed E-state index contributed by atoms with van der Waals surface area (Å²) < 4.78 is 24.5. The van der Waals surface area contributed by atoms with Gasteiger partial charge >= 0.3 is 0 Å². The van der Waals surface area contributed by atoms with Crippen molar-refractivity contribution >= 4 is 69.4 Å². The van der Waals surface area contributed by atoms with Gasteiger partial charge in [0, 0.05) is 61.8 Å². The molecule has 0 aromatic heterocycles. The van der Waals surface area contributed by atoms with Crippen LogP contribution in [0, 0.1) is 0 Å². The van der Waals surface area contributed by atoms with Gasteiger partial charge in [0.1, 0.15) is 5.84 Å². The second kappa shape index (κ2) is 20.6. The van der Waals surface area contributed by atoms with Crippen LogP contribution >= 0.6 is 46.1 Å². The molecule has 14 heteroatoms. The molecule has 0 atom stereocenters. The molecule has 0 bridgehead atoms. The Morgan fingerprint density at radius 3 is 2.18 bits per heavy atom. The summed E-state index contributed by atoms with van der Waals surface area (Å²) in [5.74, 6) is 0.345. The zero-order valence-electron chi connectivity index (χ0n) is 21.3. The lowest BCUT2D eigenvalue weighted by Gasteiger charge is -2.13. The van der Waals surface area contributed by atoms with Crippen LogP contribution in [0.3, 0.4) is 0 Å². The van der Waals surface area contributed by atoms with E-state index in [1.54, 1.807) is 17.1 Å². The Balaban J connectivity index is 1.40. The van der Waals surface area contributed by atoms with E-state index in [0.717, 1.165) is 12.2 Å². The molecule has 38 heavy (non-hydrogen) atoms. The van der Waals surface area contributed by atoms with E-state index in [0.29, 0.717) is 94.7 Å². The average Bonchev–Trinajstić information content (AvgIpc) is 3.36. The maximum Gasteiger partial charge on any atom is 0.225 e. The zero-order valence-corrected chi connectivity index (χ0v) is 25.0. The number of hydrogen-bond acceptors (Lipinski definition) is 9. The van der Waals surface area contributed by atoms with Crippen LogP contribution < -0.4 is 19.2 Å². The highest BCUT2D eigenvalue weighted by Crippen LogP contribution is 2.28. The molecule has 2 amide bonds. The summed E-state index contributed by atoms with van der Waals surface area (Å²) in [7, 11) is 0. The Bertz CT molecular complexity index is 883. The fourth-order valence-electron chi connectivity index (χ4n) is 3.20. The molecule has 0 saturated heterocycles. The number of nitrogens with one attached hydrogen (secondary N) is 3. The van der Waals surface area contributed by atoms with Crippen molar-refractivity contribution < 1.29 is 28.5 Å². The summed E-state index contributed by atoms with van der Waals surface area (Å²) in [5.41, 5.74) is 0.811. The molecule has 0 saturated carbocycles. The number of anilines is 1. The number of amides is 2. The smallest absolute Gasteiger partial charge is 0.225 e. The summed E-state index contributed by atoms with van der Waals surface area (Å²) >= 11 is 14.1. The van der Waals surface area contributed by atoms with Crippen molar-refractivity contribution in [1.82, 2.24) is 14.2 Å². The van der Waals surface area contributed by atoms with E-state index in [1.165, 1.54) is 0 Å². The van der Waals surface area contributed by atoms with Crippen LogP contribution in [0.15, 0.2) is 23.3 Å². The molecule has 1 aromatic rings. The van der Waals surface area contributed by atoms with Gasteiger partial charge in [0.25, 0.3) is 0 Å². The SMILES string of the molecule is O=C(CCOCCOCCOCCOCCNI)NCCCC(=O)NC1=NN(c2ccc(Cl)c(Cl)c2)CC1. The van der Waals surface area contributed by atoms with Crippen molar-refractivity contribution in [2.24, 2.45) is 5.10 Å².